The van der Waals surface area contributed by atoms with Crippen LogP contribution in [0.15, 0.2) is 90.2 Å². The minimum atomic E-state index is -0.327. The number of thioether (sulfide) groups is 1. The highest BCUT2D eigenvalue weighted by Crippen LogP contribution is 2.28. The van der Waals surface area contributed by atoms with E-state index in [4.69, 9.17) is 0 Å². The molecule has 0 aliphatic carbocycles. The van der Waals surface area contributed by atoms with E-state index in [0.29, 0.717) is 21.8 Å². The number of amides is 1. The third kappa shape index (κ3) is 5.69. The number of rotatable bonds is 8. The first-order valence-electron chi connectivity index (χ1n) is 11.2. The van der Waals surface area contributed by atoms with Crippen LogP contribution in [-0.4, -0.2) is 31.4 Å². The molecule has 6 nitrogen and oxygen atoms in total. The van der Waals surface area contributed by atoms with Crippen LogP contribution >= 0.6 is 23.1 Å². The molecule has 0 spiro atoms. The summed E-state index contributed by atoms with van der Waals surface area (Å²) in [5, 5.41) is 12.6. The molecule has 0 bridgehead atoms. The standard InChI is InChI=1S/C27H22FN5OS2/c1-18-6-5-7-19(14-18)15-23-16-29-26(36-23)30-24(34)17-35-27-32-31-25(20-8-3-2-4-9-20)33(27)22-12-10-21(28)11-13-22/h2-14,16H,15,17H2,1H3,(H,29,30,34). The first-order chi connectivity index (χ1) is 17.5. The predicted octanol–water partition coefficient (Wildman–Crippen LogP) is 6.16. The molecule has 36 heavy (non-hydrogen) atoms. The monoisotopic (exact) mass is 515 g/mol. The van der Waals surface area contributed by atoms with Crippen molar-refractivity contribution in [3.05, 3.63) is 107 Å². The predicted molar refractivity (Wildman–Crippen MR) is 142 cm³/mol. The number of benzene rings is 3. The average molecular weight is 516 g/mol. The van der Waals surface area contributed by atoms with Crippen molar-refractivity contribution in [1.29, 1.82) is 0 Å². The van der Waals surface area contributed by atoms with Gasteiger partial charge < -0.3 is 5.32 Å². The zero-order chi connectivity index (χ0) is 24.9. The molecule has 0 fully saturated rings. The van der Waals surface area contributed by atoms with Crippen LogP contribution in [-0.2, 0) is 11.2 Å². The Kier molecular flexibility index (Phi) is 7.20. The van der Waals surface area contributed by atoms with Crippen LogP contribution in [0.2, 0.25) is 0 Å². The first-order valence-corrected chi connectivity index (χ1v) is 13.0. The third-order valence-electron chi connectivity index (χ3n) is 5.34. The van der Waals surface area contributed by atoms with E-state index >= 15 is 0 Å². The van der Waals surface area contributed by atoms with Gasteiger partial charge in [-0.25, -0.2) is 9.37 Å². The minimum absolute atomic E-state index is 0.126. The number of aromatic nitrogens is 4. The van der Waals surface area contributed by atoms with Gasteiger partial charge in [0, 0.05) is 28.7 Å². The van der Waals surface area contributed by atoms with Crippen LogP contribution in [0.1, 0.15) is 16.0 Å². The Labute approximate surface area is 216 Å². The Bertz CT molecular complexity index is 1480. The molecule has 0 radical (unpaired) electrons. The van der Waals surface area contributed by atoms with Gasteiger partial charge in [-0.05, 0) is 36.8 Å². The van der Waals surface area contributed by atoms with Crippen molar-refractivity contribution in [2.24, 2.45) is 0 Å². The highest BCUT2D eigenvalue weighted by atomic mass is 32.2. The molecule has 9 heteroatoms. The van der Waals surface area contributed by atoms with Gasteiger partial charge in [-0.3, -0.25) is 9.36 Å². The van der Waals surface area contributed by atoms with Crippen LogP contribution in [0, 0.1) is 12.7 Å². The number of carbonyl (C=O) groups is 1. The number of hydrogen-bond donors (Lipinski definition) is 1. The van der Waals surface area contributed by atoms with E-state index in [9.17, 15) is 9.18 Å². The van der Waals surface area contributed by atoms with Gasteiger partial charge in [-0.2, -0.15) is 0 Å². The molecule has 0 aliphatic rings. The Hall–Kier alpha value is -3.82. The molecule has 5 aromatic rings. The first kappa shape index (κ1) is 23.9. The lowest BCUT2D eigenvalue weighted by atomic mass is 10.1. The summed E-state index contributed by atoms with van der Waals surface area (Å²) in [6.07, 6.45) is 2.57. The van der Waals surface area contributed by atoms with Crippen molar-refractivity contribution in [2.45, 2.75) is 18.5 Å². The highest BCUT2D eigenvalue weighted by molar-refractivity contribution is 7.99. The van der Waals surface area contributed by atoms with Gasteiger partial charge in [0.05, 0.1) is 5.75 Å². The normalized spacial score (nSPS) is 10.9. The zero-order valence-electron chi connectivity index (χ0n) is 19.4. The second-order valence-electron chi connectivity index (χ2n) is 8.12. The summed E-state index contributed by atoms with van der Waals surface area (Å²) in [6.45, 7) is 2.07. The van der Waals surface area contributed by atoms with Gasteiger partial charge in [0.2, 0.25) is 5.91 Å². The van der Waals surface area contributed by atoms with Crippen molar-refractivity contribution in [3.63, 3.8) is 0 Å². The van der Waals surface area contributed by atoms with Crippen molar-refractivity contribution in [2.75, 3.05) is 11.1 Å². The number of anilines is 1. The average Bonchev–Trinajstić information content (AvgIpc) is 3.50. The fourth-order valence-electron chi connectivity index (χ4n) is 3.72. The summed E-state index contributed by atoms with van der Waals surface area (Å²) < 4.78 is 15.4. The lowest BCUT2D eigenvalue weighted by molar-refractivity contribution is -0.113. The lowest BCUT2D eigenvalue weighted by Gasteiger charge is -2.10. The van der Waals surface area contributed by atoms with E-state index in [-0.39, 0.29) is 17.5 Å². The van der Waals surface area contributed by atoms with Crippen LogP contribution in [0.3, 0.4) is 0 Å². The highest BCUT2D eigenvalue weighted by Gasteiger charge is 2.18. The smallest absolute Gasteiger partial charge is 0.236 e. The molecule has 1 amide bonds. The molecule has 2 heterocycles. The van der Waals surface area contributed by atoms with Gasteiger partial charge in [-0.15, -0.1) is 21.5 Å². The van der Waals surface area contributed by atoms with Gasteiger partial charge in [0.15, 0.2) is 16.1 Å². The van der Waals surface area contributed by atoms with E-state index in [1.54, 1.807) is 18.3 Å². The summed E-state index contributed by atoms with van der Waals surface area (Å²) in [6, 6.07) is 24.1. The zero-order valence-corrected chi connectivity index (χ0v) is 21.0. The lowest BCUT2D eigenvalue weighted by Crippen LogP contribution is -2.14. The number of nitrogens with zero attached hydrogens (tertiary/aromatic N) is 4. The number of hydrogen-bond acceptors (Lipinski definition) is 6. The maximum Gasteiger partial charge on any atom is 0.236 e. The Morgan fingerprint density at radius 3 is 2.61 bits per heavy atom. The number of thiazole rings is 1. The second kappa shape index (κ2) is 10.8. The topological polar surface area (TPSA) is 72.7 Å². The van der Waals surface area contributed by atoms with E-state index in [0.717, 1.165) is 16.9 Å². The number of nitrogens with one attached hydrogen (secondary N) is 1. The van der Waals surface area contributed by atoms with Crippen molar-refractivity contribution in [3.8, 4) is 17.1 Å². The molecular formula is C27H22FN5OS2. The quantitative estimate of drug-likeness (QED) is 0.251. The summed E-state index contributed by atoms with van der Waals surface area (Å²) in [7, 11) is 0. The molecule has 0 unspecified atom stereocenters. The van der Waals surface area contributed by atoms with Gasteiger partial charge >= 0.3 is 0 Å². The van der Waals surface area contributed by atoms with Gasteiger partial charge in [0.25, 0.3) is 0 Å². The number of halogens is 1. The number of carbonyl (C=O) groups excluding carboxylic acids is 1. The molecule has 2 aromatic heterocycles. The molecule has 0 saturated carbocycles. The third-order valence-corrected chi connectivity index (χ3v) is 7.18. The summed E-state index contributed by atoms with van der Waals surface area (Å²) in [5.74, 6) is 0.227. The summed E-state index contributed by atoms with van der Waals surface area (Å²) in [4.78, 5) is 18.1. The summed E-state index contributed by atoms with van der Waals surface area (Å²) >= 11 is 2.73. The van der Waals surface area contributed by atoms with E-state index in [2.05, 4.69) is 45.6 Å². The molecule has 180 valence electrons. The van der Waals surface area contributed by atoms with Crippen LogP contribution in [0.25, 0.3) is 17.1 Å². The van der Waals surface area contributed by atoms with Crippen LogP contribution in [0.4, 0.5) is 9.52 Å². The van der Waals surface area contributed by atoms with Crippen LogP contribution < -0.4 is 5.32 Å². The second-order valence-corrected chi connectivity index (χ2v) is 10.2. The van der Waals surface area contributed by atoms with Crippen LogP contribution in [0.5, 0.6) is 0 Å². The molecule has 0 atom stereocenters. The fourth-order valence-corrected chi connectivity index (χ4v) is 5.33. The van der Waals surface area contributed by atoms with Gasteiger partial charge in [-0.1, -0.05) is 71.9 Å². The van der Waals surface area contributed by atoms with Crippen molar-refractivity contribution in [1.82, 2.24) is 19.7 Å². The Balaban J connectivity index is 1.28. The molecule has 5 rings (SSSR count). The maximum atomic E-state index is 13.6. The largest absolute Gasteiger partial charge is 0.301 e. The van der Waals surface area contributed by atoms with Gasteiger partial charge in [0.1, 0.15) is 5.82 Å². The molecule has 1 N–H and O–H groups in total. The Morgan fingerprint density at radius 1 is 1.03 bits per heavy atom. The summed E-state index contributed by atoms with van der Waals surface area (Å²) in [5.41, 5.74) is 4.01. The fraction of sp³-hybridized carbons (Fsp3) is 0.111. The molecule has 0 aliphatic heterocycles. The molecule has 3 aromatic carbocycles. The number of aryl methyl sites for hydroxylation is 1. The Morgan fingerprint density at radius 2 is 1.83 bits per heavy atom. The molecular weight excluding hydrogens is 493 g/mol. The van der Waals surface area contributed by atoms with E-state index < -0.39 is 0 Å². The van der Waals surface area contributed by atoms with E-state index in [1.807, 2.05) is 41.0 Å². The molecule has 0 saturated heterocycles. The van der Waals surface area contributed by atoms with Crippen molar-refractivity contribution >= 4 is 34.1 Å². The van der Waals surface area contributed by atoms with Crippen molar-refractivity contribution < 1.29 is 9.18 Å². The minimum Gasteiger partial charge on any atom is -0.301 e. The SMILES string of the molecule is Cc1cccc(Cc2cnc(NC(=O)CSc3nnc(-c4ccccc4)n3-c3ccc(F)cc3)s2)c1. The van der Waals surface area contributed by atoms with E-state index in [1.165, 1.54) is 46.4 Å². The maximum absolute atomic E-state index is 13.6.